The molecule has 0 aliphatic heterocycles. The van der Waals surface area contributed by atoms with Crippen LogP contribution in [-0.4, -0.2) is 20.3 Å². The summed E-state index contributed by atoms with van der Waals surface area (Å²) in [6.07, 6.45) is 4.26. The van der Waals surface area contributed by atoms with Gasteiger partial charge in [0.1, 0.15) is 0 Å². The van der Waals surface area contributed by atoms with Crippen LogP contribution in [0.25, 0.3) is 6.08 Å². The van der Waals surface area contributed by atoms with E-state index < -0.39 is 34.6 Å². The average molecular weight is 332 g/mol. The number of halogens is 4. The van der Waals surface area contributed by atoms with E-state index in [0.29, 0.717) is 12.5 Å². The van der Waals surface area contributed by atoms with Gasteiger partial charge in [0.15, 0.2) is 17.4 Å². The van der Waals surface area contributed by atoms with Crippen molar-refractivity contribution in [3.8, 4) is 5.75 Å². The number of benzene rings is 1. The first-order valence-electron chi connectivity index (χ1n) is 7.59. The molecule has 0 saturated heterocycles. The van der Waals surface area contributed by atoms with Crippen molar-refractivity contribution in [1.82, 2.24) is 0 Å². The van der Waals surface area contributed by atoms with Crippen molar-refractivity contribution >= 4 is 6.08 Å². The first kappa shape index (κ1) is 17.8. The van der Waals surface area contributed by atoms with E-state index in [9.17, 15) is 17.6 Å². The van der Waals surface area contributed by atoms with Gasteiger partial charge in [0.2, 0.25) is 11.6 Å². The maximum atomic E-state index is 13.8. The highest BCUT2D eigenvalue weighted by molar-refractivity contribution is 5.51. The molecular formula is C17H20F4O2. The Morgan fingerprint density at radius 3 is 1.83 bits per heavy atom. The van der Waals surface area contributed by atoms with Crippen LogP contribution in [0, 0.1) is 35.1 Å². The van der Waals surface area contributed by atoms with Gasteiger partial charge in [-0.3, -0.25) is 0 Å². The van der Waals surface area contributed by atoms with Crippen LogP contribution in [0.1, 0.15) is 31.2 Å². The minimum atomic E-state index is -1.52. The summed E-state index contributed by atoms with van der Waals surface area (Å²) < 4.78 is 65.2. The van der Waals surface area contributed by atoms with E-state index in [1.165, 1.54) is 0 Å². The van der Waals surface area contributed by atoms with Crippen LogP contribution in [0.3, 0.4) is 0 Å². The summed E-state index contributed by atoms with van der Waals surface area (Å²) in [7, 11) is 1.65. The zero-order valence-corrected chi connectivity index (χ0v) is 13.0. The van der Waals surface area contributed by atoms with Gasteiger partial charge in [-0.05, 0) is 37.5 Å². The molecule has 1 aliphatic rings. The molecule has 0 aromatic heterocycles. The number of ether oxygens (including phenoxy) is 2. The van der Waals surface area contributed by atoms with Gasteiger partial charge in [-0.25, -0.2) is 8.78 Å². The van der Waals surface area contributed by atoms with Crippen molar-refractivity contribution in [1.29, 1.82) is 0 Å². The first-order chi connectivity index (χ1) is 11.0. The Kier molecular flexibility index (Phi) is 6.04. The normalized spacial score (nSPS) is 21.3. The molecule has 2 rings (SSSR count). The maximum absolute atomic E-state index is 13.8. The van der Waals surface area contributed by atoms with Gasteiger partial charge in [0, 0.05) is 13.7 Å². The Labute approximate surface area is 133 Å². The molecule has 23 heavy (non-hydrogen) atoms. The fourth-order valence-corrected chi connectivity index (χ4v) is 2.94. The highest BCUT2D eigenvalue weighted by atomic mass is 19.2. The Morgan fingerprint density at radius 2 is 1.39 bits per heavy atom. The summed E-state index contributed by atoms with van der Waals surface area (Å²) in [5, 5.41) is 0. The first-order valence-corrected chi connectivity index (χ1v) is 7.59. The number of hydrogen-bond donors (Lipinski definition) is 0. The molecule has 1 aromatic rings. The van der Waals surface area contributed by atoms with Crippen LogP contribution in [0.15, 0.2) is 6.58 Å². The van der Waals surface area contributed by atoms with Crippen molar-refractivity contribution in [3.05, 3.63) is 35.4 Å². The second-order valence-corrected chi connectivity index (χ2v) is 5.86. The fourth-order valence-electron chi connectivity index (χ4n) is 2.94. The number of methoxy groups -OCH3 is 1. The molecule has 1 saturated carbocycles. The predicted molar refractivity (Wildman–Crippen MR) is 79.2 cm³/mol. The van der Waals surface area contributed by atoms with Crippen molar-refractivity contribution in [2.75, 3.05) is 20.3 Å². The molecule has 0 amide bonds. The zero-order chi connectivity index (χ0) is 17.0. The van der Waals surface area contributed by atoms with E-state index in [2.05, 4.69) is 6.58 Å². The van der Waals surface area contributed by atoms with Crippen LogP contribution in [0.5, 0.6) is 5.75 Å². The van der Waals surface area contributed by atoms with Crippen molar-refractivity contribution < 1.29 is 27.0 Å². The molecule has 0 atom stereocenters. The largest absolute Gasteiger partial charge is 0.487 e. The molecular weight excluding hydrogens is 312 g/mol. The van der Waals surface area contributed by atoms with E-state index >= 15 is 0 Å². The smallest absolute Gasteiger partial charge is 0.204 e. The maximum Gasteiger partial charge on any atom is 0.204 e. The highest BCUT2D eigenvalue weighted by Gasteiger charge is 2.27. The second kappa shape index (κ2) is 7.81. The second-order valence-electron chi connectivity index (χ2n) is 5.86. The lowest BCUT2D eigenvalue weighted by molar-refractivity contribution is 0.104. The predicted octanol–water partition coefficient (Wildman–Crippen LogP) is 4.72. The summed E-state index contributed by atoms with van der Waals surface area (Å²) in [4.78, 5) is 0. The van der Waals surface area contributed by atoms with Crippen molar-refractivity contribution in [3.63, 3.8) is 0 Å². The number of hydrogen-bond acceptors (Lipinski definition) is 2. The molecule has 128 valence electrons. The Morgan fingerprint density at radius 1 is 0.913 bits per heavy atom. The summed E-state index contributed by atoms with van der Waals surface area (Å²) in [6, 6.07) is 0. The topological polar surface area (TPSA) is 18.5 Å². The van der Waals surface area contributed by atoms with Gasteiger partial charge in [-0.15, -0.1) is 0 Å². The lowest BCUT2D eigenvalue weighted by Crippen LogP contribution is -2.23. The molecule has 0 N–H and O–H groups in total. The summed E-state index contributed by atoms with van der Waals surface area (Å²) >= 11 is 0. The Balaban J connectivity index is 2.03. The summed E-state index contributed by atoms with van der Waals surface area (Å²) in [5.74, 6) is -6.43. The third kappa shape index (κ3) is 3.86. The van der Waals surface area contributed by atoms with E-state index in [1.807, 2.05) is 0 Å². The molecule has 0 spiro atoms. The van der Waals surface area contributed by atoms with Crippen LogP contribution >= 0.6 is 0 Å². The zero-order valence-electron chi connectivity index (χ0n) is 13.0. The fraction of sp³-hybridized carbons (Fsp3) is 0.529. The van der Waals surface area contributed by atoms with Gasteiger partial charge in [-0.1, -0.05) is 12.7 Å². The average Bonchev–Trinajstić information content (AvgIpc) is 2.55. The van der Waals surface area contributed by atoms with Crippen molar-refractivity contribution in [2.24, 2.45) is 11.8 Å². The summed E-state index contributed by atoms with van der Waals surface area (Å²) in [5.41, 5.74) is -0.826. The Bertz CT molecular complexity index is 537. The van der Waals surface area contributed by atoms with E-state index in [0.717, 1.165) is 31.8 Å². The molecule has 0 bridgehead atoms. The molecule has 1 aromatic carbocycles. The highest BCUT2D eigenvalue weighted by Crippen LogP contribution is 2.33. The van der Waals surface area contributed by atoms with Crippen LogP contribution in [0.4, 0.5) is 17.6 Å². The molecule has 6 heteroatoms. The minimum Gasteiger partial charge on any atom is -0.487 e. The van der Waals surface area contributed by atoms with E-state index in [-0.39, 0.29) is 12.5 Å². The van der Waals surface area contributed by atoms with E-state index in [4.69, 9.17) is 9.47 Å². The van der Waals surface area contributed by atoms with E-state index in [1.54, 1.807) is 7.11 Å². The molecule has 0 radical (unpaired) electrons. The molecule has 2 nitrogen and oxygen atoms in total. The lowest BCUT2D eigenvalue weighted by atomic mass is 9.83. The number of rotatable bonds is 6. The van der Waals surface area contributed by atoms with Gasteiger partial charge >= 0.3 is 0 Å². The molecule has 0 unspecified atom stereocenters. The Hall–Kier alpha value is -1.56. The third-order valence-electron chi connectivity index (χ3n) is 4.29. The van der Waals surface area contributed by atoms with Crippen LogP contribution in [-0.2, 0) is 4.74 Å². The van der Waals surface area contributed by atoms with Gasteiger partial charge in [0.25, 0.3) is 0 Å². The van der Waals surface area contributed by atoms with Gasteiger partial charge in [0.05, 0.1) is 12.2 Å². The molecule has 1 aliphatic carbocycles. The molecule has 0 heterocycles. The van der Waals surface area contributed by atoms with Crippen LogP contribution in [0.2, 0.25) is 0 Å². The van der Waals surface area contributed by atoms with Crippen LogP contribution < -0.4 is 4.74 Å². The third-order valence-corrected chi connectivity index (χ3v) is 4.29. The molecule has 1 fully saturated rings. The van der Waals surface area contributed by atoms with Gasteiger partial charge < -0.3 is 9.47 Å². The minimum absolute atomic E-state index is 0.0276. The summed E-state index contributed by atoms with van der Waals surface area (Å²) in [6.45, 7) is 3.86. The van der Waals surface area contributed by atoms with Gasteiger partial charge in [-0.2, -0.15) is 8.78 Å². The SMILES string of the molecule is C=Cc1c(F)c(F)c(OCC2CCC(COC)CC2)c(F)c1F. The monoisotopic (exact) mass is 332 g/mol. The quantitative estimate of drug-likeness (QED) is 0.554. The standard InChI is InChI=1S/C17H20F4O2/c1-3-12-13(18)15(20)17(16(21)14(12)19)23-9-11-6-4-10(5-7-11)8-22-2/h3,10-11H,1,4-9H2,2H3. The lowest BCUT2D eigenvalue weighted by Gasteiger charge is -2.28. The van der Waals surface area contributed by atoms with Crippen molar-refractivity contribution in [2.45, 2.75) is 25.7 Å².